The number of anilines is 6. The van der Waals surface area contributed by atoms with Crippen molar-refractivity contribution >= 4 is 55.9 Å². The van der Waals surface area contributed by atoms with Gasteiger partial charge in [-0.15, -0.1) is 0 Å². The van der Waals surface area contributed by atoms with E-state index >= 15 is 0 Å². The average Bonchev–Trinajstić information content (AvgIpc) is 3.55. The highest BCUT2D eigenvalue weighted by Gasteiger charge is 2.16. The summed E-state index contributed by atoms with van der Waals surface area (Å²) in [5, 5.41) is 2.53. The molecule has 8 aromatic carbocycles. The van der Waals surface area contributed by atoms with Crippen LogP contribution in [0.25, 0.3) is 38.6 Å². The molecule has 0 spiro atoms. The van der Waals surface area contributed by atoms with Gasteiger partial charge >= 0.3 is 0 Å². The molecule has 0 aliphatic carbocycles. The first-order valence-electron chi connectivity index (χ1n) is 17.4. The van der Waals surface area contributed by atoms with Gasteiger partial charge in [-0.3, -0.25) is 0 Å². The number of hydrogen-bond acceptors (Lipinski definition) is 2. The molecule has 9 rings (SSSR count). The summed E-state index contributed by atoms with van der Waals surface area (Å²) >= 11 is 0. The van der Waals surface area contributed by atoms with E-state index in [4.69, 9.17) is 0 Å². The fourth-order valence-corrected chi connectivity index (χ4v) is 7.20. The van der Waals surface area contributed by atoms with E-state index in [0.29, 0.717) is 0 Å². The van der Waals surface area contributed by atoms with Gasteiger partial charge in [-0.05, 0) is 108 Å². The number of rotatable bonds is 8. The Morgan fingerprint density at radius 3 is 1.18 bits per heavy atom. The molecule has 0 aliphatic heterocycles. The van der Waals surface area contributed by atoms with E-state index in [1.54, 1.807) is 0 Å². The third-order valence-electron chi connectivity index (χ3n) is 9.55. The van der Waals surface area contributed by atoms with Gasteiger partial charge in [-0.25, -0.2) is 0 Å². The van der Waals surface area contributed by atoms with Crippen LogP contribution < -0.4 is 9.80 Å². The smallest absolute Gasteiger partial charge is 0.0541 e. The zero-order chi connectivity index (χ0) is 34.0. The van der Waals surface area contributed by atoms with Crippen molar-refractivity contribution in [2.75, 3.05) is 9.80 Å². The van der Waals surface area contributed by atoms with E-state index in [0.717, 1.165) is 50.9 Å². The van der Waals surface area contributed by atoms with Gasteiger partial charge in [0.2, 0.25) is 0 Å². The highest BCUT2D eigenvalue weighted by atomic mass is 15.1. The largest absolute Gasteiger partial charge is 0.311 e. The van der Waals surface area contributed by atoms with Gasteiger partial charge in [0, 0.05) is 50.6 Å². The van der Waals surface area contributed by atoms with E-state index in [-0.39, 0.29) is 0 Å². The van der Waals surface area contributed by atoms with Crippen molar-refractivity contribution in [1.29, 1.82) is 0 Å². The van der Waals surface area contributed by atoms with Crippen LogP contribution in [0.3, 0.4) is 0 Å². The minimum absolute atomic E-state index is 1.10. The van der Waals surface area contributed by atoms with Gasteiger partial charge in [-0.2, -0.15) is 0 Å². The third kappa shape index (κ3) is 5.71. The Morgan fingerprint density at radius 2 is 0.667 bits per heavy atom. The number of aromatic nitrogens is 1. The Bertz CT molecular complexity index is 2460. The lowest BCUT2D eigenvalue weighted by atomic mass is 10.0. The van der Waals surface area contributed by atoms with Crippen LogP contribution in [0.1, 0.15) is 0 Å². The first-order chi connectivity index (χ1) is 25.3. The first kappa shape index (κ1) is 30.2. The van der Waals surface area contributed by atoms with Crippen molar-refractivity contribution in [2.45, 2.75) is 0 Å². The lowest BCUT2D eigenvalue weighted by Crippen LogP contribution is -2.10. The maximum Gasteiger partial charge on any atom is 0.0541 e. The highest BCUT2D eigenvalue weighted by molar-refractivity contribution is 6.09. The predicted octanol–water partition coefficient (Wildman–Crippen LogP) is 13.4. The molecule has 0 atom stereocenters. The Balaban J connectivity index is 1.08. The number of hydrogen-bond donors (Lipinski definition) is 0. The molecule has 1 aromatic heterocycles. The average molecular weight is 654 g/mol. The van der Waals surface area contributed by atoms with Crippen molar-refractivity contribution < 1.29 is 0 Å². The Labute approximate surface area is 298 Å². The Hall–Kier alpha value is -6.84. The minimum atomic E-state index is 1.10. The topological polar surface area (TPSA) is 11.4 Å². The molecule has 3 heteroatoms. The van der Waals surface area contributed by atoms with Gasteiger partial charge in [0.1, 0.15) is 0 Å². The second-order valence-electron chi connectivity index (χ2n) is 12.7. The maximum atomic E-state index is 2.36. The fraction of sp³-hybridized carbons (Fsp3) is 0. The molecule has 0 amide bonds. The number of fused-ring (bicyclic) bond motifs is 3. The molecular weight excluding hydrogens is 619 g/mol. The number of nitrogens with zero attached hydrogens (tertiary/aromatic N) is 3. The molecule has 0 saturated carbocycles. The van der Waals surface area contributed by atoms with Gasteiger partial charge < -0.3 is 14.4 Å². The summed E-state index contributed by atoms with van der Waals surface area (Å²) in [4.78, 5) is 4.63. The van der Waals surface area contributed by atoms with Crippen LogP contribution in [0.4, 0.5) is 34.1 Å². The summed E-state index contributed by atoms with van der Waals surface area (Å²) in [5.41, 5.74) is 12.5. The molecular formula is C48H35N3. The van der Waals surface area contributed by atoms with Crippen LogP contribution in [0.2, 0.25) is 0 Å². The summed E-state index contributed by atoms with van der Waals surface area (Å²) in [5.74, 6) is 0. The fourth-order valence-electron chi connectivity index (χ4n) is 7.20. The van der Waals surface area contributed by atoms with Crippen molar-refractivity contribution in [3.05, 3.63) is 212 Å². The summed E-state index contributed by atoms with van der Waals surface area (Å²) in [6, 6.07) is 75.6. The predicted molar refractivity (Wildman–Crippen MR) is 216 cm³/mol. The van der Waals surface area contributed by atoms with Crippen LogP contribution >= 0.6 is 0 Å². The van der Waals surface area contributed by atoms with Crippen LogP contribution in [0, 0.1) is 0 Å². The normalized spacial score (nSPS) is 11.1. The summed E-state index contributed by atoms with van der Waals surface area (Å²) in [6.45, 7) is 0. The standard InChI is InChI=1S/C48H35N3/c1-4-16-38(17-5-1)49(39-18-6-2-7-19-39)41-29-27-36(28-30-41)37-15-14-22-44(35-37)50(40-20-8-3-9-21-40)42-31-33-43(34-32-42)51-47-25-12-10-23-45(47)46-24-11-13-26-48(46)51/h1-35H. The van der Waals surface area contributed by atoms with Crippen molar-refractivity contribution in [3.8, 4) is 16.8 Å². The molecule has 0 radical (unpaired) electrons. The molecule has 1 heterocycles. The van der Waals surface area contributed by atoms with Gasteiger partial charge in [0.25, 0.3) is 0 Å². The molecule has 0 unspecified atom stereocenters. The molecule has 242 valence electrons. The first-order valence-corrected chi connectivity index (χ1v) is 17.4. The lowest BCUT2D eigenvalue weighted by molar-refractivity contribution is 1.17. The second kappa shape index (κ2) is 13.2. The van der Waals surface area contributed by atoms with Crippen LogP contribution in [0.15, 0.2) is 212 Å². The lowest BCUT2D eigenvalue weighted by Gasteiger charge is -2.26. The SMILES string of the molecule is c1ccc(N(c2ccccc2)c2ccc(-c3cccc(N(c4ccccc4)c4ccc(-n5c6ccccc6c6ccccc65)cc4)c3)cc2)cc1. The molecule has 0 N–H and O–H groups in total. The zero-order valence-electron chi connectivity index (χ0n) is 28.0. The Kier molecular flexibility index (Phi) is 7.84. The van der Waals surface area contributed by atoms with Crippen molar-refractivity contribution in [2.24, 2.45) is 0 Å². The van der Waals surface area contributed by atoms with Crippen molar-refractivity contribution in [1.82, 2.24) is 4.57 Å². The molecule has 0 bridgehead atoms. The molecule has 0 saturated heterocycles. The van der Waals surface area contributed by atoms with Crippen LogP contribution in [-0.2, 0) is 0 Å². The summed E-state index contributed by atoms with van der Waals surface area (Å²) in [7, 11) is 0. The van der Waals surface area contributed by atoms with E-state index in [9.17, 15) is 0 Å². The van der Waals surface area contributed by atoms with Gasteiger partial charge in [0.15, 0.2) is 0 Å². The van der Waals surface area contributed by atoms with Gasteiger partial charge in [-0.1, -0.05) is 115 Å². The molecule has 0 fully saturated rings. The van der Waals surface area contributed by atoms with Crippen molar-refractivity contribution in [3.63, 3.8) is 0 Å². The summed E-state index contributed by atoms with van der Waals surface area (Å²) < 4.78 is 2.36. The maximum absolute atomic E-state index is 2.36. The monoisotopic (exact) mass is 653 g/mol. The quantitative estimate of drug-likeness (QED) is 0.162. The molecule has 0 aliphatic rings. The Morgan fingerprint density at radius 1 is 0.275 bits per heavy atom. The minimum Gasteiger partial charge on any atom is -0.311 e. The summed E-state index contributed by atoms with van der Waals surface area (Å²) in [6.07, 6.45) is 0. The molecule has 9 aromatic rings. The number of para-hydroxylation sites is 5. The van der Waals surface area contributed by atoms with E-state index in [1.165, 1.54) is 21.8 Å². The van der Waals surface area contributed by atoms with E-state index in [1.807, 2.05) is 0 Å². The molecule has 3 nitrogen and oxygen atoms in total. The van der Waals surface area contributed by atoms with E-state index in [2.05, 4.69) is 227 Å². The second-order valence-corrected chi connectivity index (χ2v) is 12.7. The highest BCUT2D eigenvalue weighted by Crippen LogP contribution is 2.39. The molecule has 51 heavy (non-hydrogen) atoms. The van der Waals surface area contributed by atoms with Gasteiger partial charge in [0.05, 0.1) is 11.0 Å². The van der Waals surface area contributed by atoms with Crippen LogP contribution in [0.5, 0.6) is 0 Å². The number of benzene rings is 8. The third-order valence-corrected chi connectivity index (χ3v) is 9.55. The zero-order valence-corrected chi connectivity index (χ0v) is 28.0. The van der Waals surface area contributed by atoms with Crippen LogP contribution in [-0.4, -0.2) is 4.57 Å². The van der Waals surface area contributed by atoms with E-state index < -0.39 is 0 Å².